The summed E-state index contributed by atoms with van der Waals surface area (Å²) in [6, 6.07) is 0. The van der Waals surface area contributed by atoms with Crippen LogP contribution in [0, 0.1) is 0 Å². The number of carboxylic acid groups (broad SMARTS) is 3. The van der Waals surface area contributed by atoms with Crippen molar-refractivity contribution in [3.05, 3.63) is 0 Å². The van der Waals surface area contributed by atoms with Gasteiger partial charge in [0, 0.05) is 24.8 Å². The van der Waals surface area contributed by atoms with Crippen molar-refractivity contribution < 1.29 is 102 Å². The third-order valence-corrected chi connectivity index (χ3v) is 1.25. The number of carbonyl (C=O) groups excluding carboxylic acids is 3. The largest absolute Gasteiger partial charge is 1.00 e. The van der Waals surface area contributed by atoms with Gasteiger partial charge < -0.3 is 45.8 Å². The van der Waals surface area contributed by atoms with Crippen molar-refractivity contribution in [3.63, 3.8) is 0 Å². The zero-order chi connectivity index (χ0) is 10.6. The summed E-state index contributed by atoms with van der Waals surface area (Å²) in [6.07, 6.45) is -2.72. The minimum absolute atomic E-state index is 0. The number of carbonyl (C=O) groups is 3. The van der Waals surface area contributed by atoms with Crippen molar-refractivity contribution in [2.75, 3.05) is 0 Å². The topological polar surface area (TPSA) is 204 Å². The van der Waals surface area contributed by atoms with E-state index < -0.39 is 36.4 Å². The number of aliphatic carboxylic acids is 3. The molecule has 18 heavy (non-hydrogen) atoms. The fraction of sp³-hybridized carbons (Fsp3) is 0.500. The molecule has 0 aromatic heterocycles. The van der Waals surface area contributed by atoms with Gasteiger partial charge in [0.05, 0.1) is 5.97 Å². The van der Waals surface area contributed by atoms with E-state index >= 15 is 0 Å². The predicted octanol–water partition coefficient (Wildman–Crippen LogP) is -15.9. The van der Waals surface area contributed by atoms with Gasteiger partial charge in [0.25, 0.3) is 0 Å². The van der Waals surface area contributed by atoms with Crippen LogP contribution in [0.1, 0.15) is 12.8 Å². The Labute approximate surface area is 138 Å². The molecule has 5 N–H and O–H groups in total. The summed E-state index contributed by atoms with van der Waals surface area (Å²) >= 11 is 0. The summed E-state index contributed by atoms with van der Waals surface area (Å²) in [5, 5.41) is 38.9. The minimum Gasteiger partial charge on any atom is -0.550 e. The fourth-order valence-corrected chi connectivity index (χ4v) is 0.684. The van der Waals surface area contributed by atoms with E-state index in [9.17, 15) is 29.7 Å². The van der Waals surface area contributed by atoms with Gasteiger partial charge in [0.2, 0.25) is 0 Å². The molecular weight excluding hydrogens is 237 g/mol. The number of hydrogen-bond acceptors (Lipinski definition) is 7. The Hall–Kier alpha value is 0.0822. The van der Waals surface area contributed by atoms with Gasteiger partial charge in [-0.2, -0.15) is 0 Å². The first kappa shape index (κ1) is 36.1. The van der Waals surface area contributed by atoms with Crippen LogP contribution in [0.15, 0.2) is 0 Å². The van der Waals surface area contributed by atoms with Crippen molar-refractivity contribution in [3.8, 4) is 0 Å². The zero-order valence-electron chi connectivity index (χ0n) is 10.3. The Balaban J connectivity index is -0.0000000720. The van der Waals surface area contributed by atoms with E-state index in [4.69, 9.17) is 5.11 Å². The molecule has 0 aliphatic rings. The smallest absolute Gasteiger partial charge is 0.550 e. The summed E-state index contributed by atoms with van der Waals surface area (Å²) in [5.41, 5.74) is -2.97. The molecule has 90 valence electrons. The van der Waals surface area contributed by atoms with E-state index in [1.165, 1.54) is 0 Å². The van der Waals surface area contributed by atoms with E-state index in [1.807, 2.05) is 0 Å². The molecule has 0 aromatic rings. The van der Waals surface area contributed by atoms with Crippen LogP contribution in [-0.4, -0.2) is 39.6 Å². The molecule has 0 aliphatic carbocycles. The van der Waals surface area contributed by atoms with Gasteiger partial charge in [-0.25, -0.2) is 0 Å². The second kappa shape index (κ2) is 15.1. The number of carboxylic acids is 3. The van der Waals surface area contributed by atoms with E-state index in [-0.39, 0.29) is 67.5 Å². The number of rotatable bonds is 5. The Morgan fingerprint density at radius 3 is 1.17 bits per heavy atom. The zero-order valence-corrected chi connectivity index (χ0v) is 10.3. The van der Waals surface area contributed by atoms with Crippen molar-refractivity contribution in [1.82, 2.24) is 0 Å². The molecule has 0 rings (SSSR count). The van der Waals surface area contributed by atoms with Gasteiger partial charge in [0.1, 0.15) is 5.60 Å². The molecule has 0 radical (unpaired) electrons. The summed E-state index contributed by atoms with van der Waals surface area (Å²) in [6.45, 7) is 0. The van der Waals surface area contributed by atoms with Crippen molar-refractivity contribution >= 4 is 17.9 Å². The van der Waals surface area contributed by atoms with Crippen molar-refractivity contribution in [2.24, 2.45) is 0 Å². The summed E-state index contributed by atoms with van der Waals surface area (Å²) in [5.74, 6) is -5.98. The molecule has 0 amide bonds. The van der Waals surface area contributed by atoms with Crippen LogP contribution < -0.4 is 71.9 Å². The average molecular weight is 246 g/mol. The second-order valence-corrected chi connectivity index (χ2v) is 2.42. The monoisotopic (exact) mass is 246 g/mol. The first-order valence-electron chi connectivity index (χ1n) is 3.11. The molecule has 0 aliphatic heterocycles. The molecule has 0 atom stereocenters. The van der Waals surface area contributed by atoms with Crippen LogP contribution in [0.25, 0.3) is 0 Å². The van der Waals surface area contributed by atoms with E-state index in [0.29, 0.717) is 0 Å². The van der Waals surface area contributed by atoms with Crippen LogP contribution in [0.5, 0.6) is 0 Å². The molecule has 0 aromatic carbocycles. The van der Waals surface area contributed by atoms with Crippen LogP contribution in [-0.2, 0) is 14.4 Å². The average Bonchev–Trinajstić information content (AvgIpc) is 1.82. The SMILES string of the molecule is O.O.O=C([O-])CC(O)(CC(=O)[O-])C(=O)[O-].[Li+].[Li+].[Li+]. The molecule has 0 spiro atoms. The normalized spacial score (nSPS) is 7.83. The van der Waals surface area contributed by atoms with Crippen LogP contribution in [0.3, 0.4) is 0 Å². The molecule has 9 nitrogen and oxygen atoms in total. The number of aliphatic hydroxyl groups is 1. The molecular formula is C6H9Li3O9. The van der Waals surface area contributed by atoms with Crippen molar-refractivity contribution in [2.45, 2.75) is 18.4 Å². The molecule has 12 heteroatoms. The van der Waals surface area contributed by atoms with Crippen LogP contribution >= 0.6 is 0 Å². The molecule has 0 heterocycles. The Morgan fingerprint density at radius 2 is 1.06 bits per heavy atom. The van der Waals surface area contributed by atoms with Crippen LogP contribution in [0.4, 0.5) is 0 Å². The standard InChI is InChI=1S/C6H8O7.3Li.2H2O/c7-3(8)1-6(13,5(11)12)2-4(9)10;;;;;/h13H,1-2H2,(H,7,8)(H,9,10)(H,11,12);;;;2*1H2/q;3*+1;;/p-3. The predicted molar refractivity (Wildman–Crippen MR) is 36.4 cm³/mol. The maximum atomic E-state index is 10.1. The van der Waals surface area contributed by atoms with Gasteiger partial charge in [-0.15, -0.1) is 0 Å². The summed E-state index contributed by atoms with van der Waals surface area (Å²) in [7, 11) is 0. The Morgan fingerprint density at radius 1 is 0.833 bits per heavy atom. The summed E-state index contributed by atoms with van der Waals surface area (Å²) < 4.78 is 0. The molecule has 0 fully saturated rings. The third-order valence-electron chi connectivity index (χ3n) is 1.25. The molecule has 0 saturated heterocycles. The fourth-order valence-electron chi connectivity index (χ4n) is 0.684. The molecule has 0 saturated carbocycles. The van der Waals surface area contributed by atoms with E-state index in [1.54, 1.807) is 0 Å². The van der Waals surface area contributed by atoms with Gasteiger partial charge in [-0.1, -0.05) is 0 Å². The molecule has 0 bridgehead atoms. The van der Waals surface area contributed by atoms with E-state index in [0.717, 1.165) is 0 Å². The van der Waals surface area contributed by atoms with Gasteiger partial charge in [-0.05, 0) is 0 Å². The third kappa shape index (κ3) is 14.1. The van der Waals surface area contributed by atoms with Crippen molar-refractivity contribution in [1.29, 1.82) is 0 Å². The number of hydrogen-bond donors (Lipinski definition) is 1. The first-order chi connectivity index (χ1) is 5.78. The first-order valence-corrected chi connectivity index (χ1v) is 3.11. The summed E-state index contributed by atoms with van der Waals surface area (Å²) in [4.78, 5) is 30.0. The Bertz CT molecular complexity index is 241. The van der Waals surface area contributed by atoms with E-state index in [2.05, 4.69) is 0 Å². The second-order valence-electron chi connectivity index (χ2n) is 2.42. The minimum atomic E-state index is -2.97. The van der Waals surface area contributed by atoms with Gasteiger partial charge in [0.15, 0.2) is 0 Å². The Kier molecular flexibility index (Phi) is 30.4. The maximum absolute atomic E-state index is 10.1. The quantitative estimate of drug-likeness (QED) is 0.462. The maximum Gasteiger partial charge on any atom is 1.00 e. The van der Waals surface area contributed by atoms with Crippen LogP contribution in [0.2, 0.25) is 0 Å². The van der Waals surface area contributed by atoms with Gasteiger partial charge in [-0.3, -0.25) is 0 Å². The van der Waals surface area contributed by atoms with Gasteiger partial charge >= 0.3 is 56.6 Å². The molecule has 0 unspecified atom stereocenters.